The van der Waals surface area contributed by atoms with Crippen LogP contribution in [0.1, 0.15) is 49.1 Å². The first kappa shape index (κ1) is 24.9. The lowest BCUT2D eigenvalue weighted by Crippen LogP contribution is -2.39. The Balaban J connectivity index is 1.57. The lowest BCUT2D eigenvalue weighted by Gasteiger charge is -2.36. The Morgan fingerprint density at radius 1 is 1.38 bits per heavy atom. The summed E-state index contributed by atoms with van der Waals surface area (Å²) in [5, 5.41) is 19.6. The molecule has 3 aromatic heterocycles. The molecule has 0 aromatic carbocycles. The molecule has 1 aliphatic rings. The second-order valence-corrected chi connectivity index (χ2v) is 11.5. The summed E-state index contributed by atoms with van der Waals surface area (Å²) in [7, 11) is 0. The molecule has 34 heavy (non-hydrogen) atoms. The average Bonchev–Trinajstić information content (AvgIpc) is 3.51. The van der Waals surface area contributed by atoms with E-state index in [1.807, 2.05) is 23.8 Å². The topological polar surface area (TPSA) is 118 Å². The third-order valence-corrected chi connectivity index (χ3v) is 8.40. The summed E-state index contributed by atoms with van der Waals surface area (Å²) in [4.78, 5) is 31.0. The van der Waals surface area contributed by atoms with Crippen LogP contribution in [0.25, 0.3) is 10.7 Å². The van der Waals surface area contributed by atoms with Crippen LogP contribution < -0.4 is 10.7 Å². The average molecular weight is 522 g/mol. The molecule has 3 aromatic rings. The van der Waals surface area contributed by atoms with E-state index in [0.29, 0.717) is 36.7 Å². The molecule has 1 unspecified atom stereocenters. The number of nitrogens with zero attached hydrogens (tertiary/aromatic N) is 2. The van der Waals surface area contributed by atoms with Crippen molar-refractivity contribution in [2.75, 3.05) is 23.5 Å². The molecule has 11 heteroatoms. The number of aromatic nitrogens is 2. The van der Waals surface area contributed by atoms with Crippen LogP contribution in [0, 0.1) is 6.92 Å². The fourth-order valence-electron chi connectivity index (χ4n) is 4.14. The van der Waals surface area contributed by atoms with Crippen LogP contribution in [0.3, 0.4) is 0 Å². The summed E-state index contributed by atoms with van der Waals surface area (Å²) in [6, 6.07) is 4.67. The van der Waals surface area contributed by atoms with Crippen molar-refractivity contribution in [1.82, 2.24) is 15.5 Å². The Bertz CT molecular complexity index is 1170. The van der Waals surface area contributed by atoms with Crippen LogP contribution in [0.15, 0.2) is 37.3 Å². The molecule has 0 bridgehead atoms. The highest BCUT2D eigenvalue weighted by Gasteiger charge is 2.42. The Kier molecular flexibility index (Phi) is 8.05. The van der Waals surface area contributed by atoms with Gasteiger partial charge in [0.05, 0.1) is 4.88 Å². The summed E-state index contributed by atoms with van der Waals surface area (Å²) in [5.41, 5.74) is -1.23. The minimum Gasteiger partial charge on any atom is -0.502 e. The predicted octanol–water partition coefficient (Wildman–Crippen LogP) is 4.53. The molecule has 1 aliphatic heterocycles. The molecule has 0 saturated carbocycles. The zero-order chi connectivity index (χ0) is 24.1. The maximum Gasteiger partial charge on any atom is 0.249 e. The van der Waals surface area contributed by atoms with Gasteiger partial charge in [0.1, 0.15) is 11.8 Å². The van der Waals surface area contributed by atoms with Gasteiger partial charge in [0.15, 0.2) is 5.76 Å². The first-order chi connectivity index (χ1) is 16.4. The van der Waals surface area contributed by atoms with E-state index in [2.05, 4.69) is 15.5 Å². The van der Waals surface area contributed by atoms with Gasteiger partial charge < -0.3 is 19.4 Å². The van der Waals surface area contributed by atoms with Crippen molar-refractivity contribution in [2.45, 2.75) is 44.1 Å². The van der Waals surface area contributed by atoms with Gasteiger partial charge in [-0.3, -0.25) is 9.59 Å². The first-order valence-electron chi connectivity index (χ1n) is 11.0. The summed E-state index contributed by atoms with van der Waals surface area (Å²) in [5.74, 6) is 3.31. The smallest absolute Gasteiger partial charge is 0.249 e. The fraction of sp³-hybridized carbons (Fsp3) is 0.478. The van der Waals surface area contributed by atoms with Crippen molar-refractivity contribution < 1.29 is 18.8 Å². The van der Waals surface area contributed by atoms with Crippen molar-refractivity contribution in [3.8, 4) is 16.5 Å². The van der Waals surface area contributed by atoms with Crippen molar-refractivity contribution in [2.24, 2.45) is 0 Å². The van der Waals surface area contributed by atoms with E-state index in [4.69, 9.17) is 8.94 Å². The summed E-state index contributed by atoms with van der Waals surface area (Å²) >= 11 is 4.98. The molecule has 1 saturated heterocycles. The number of aryl methyl sites for hydroxylation is 1. The number of hydrogen-bond donors (Lipinski definition) is 2. The van der Waals surface area contributed by atoms with E-state index in [1.54, 1.807) is 30.4 Å². The quantitative estimate of drug-likeness (QED) is 0.418. The molecule has 1 atom stereocenters. The van der Waals surface area contributed by atoms with Crippen LogP contribution in [-0.4, -0.2) is 44.7 Å². The molecule has 4 rings (SSSR count). The van der Waals surface area contributed by atoms with E-state index >= 15 is 0 Å². The van der Waals surface area contributed by atoms with Crippen LogP contribution in [-0.2, 0) is 10.2 Å². The van der Waals surface area contributed by atoms with Gasteiger partial charge in [-0.25, -0.2) is 0 Å². The normalized spacial score (nSPS) is 16.3. The molecule has 182 valence electrons. The standard InChI is InChI=1S/C23H27N3O5S3/c1-14-12-16(27)19(29)20(30-14)23(6-10-33-11-7-23)13-18(28)24-15(5-9-32-2)22-25-21(26-31-22)17-4-3-8-34-17/h3-4,8,12,15,29H,5-7,9-11,13H2,1-2H3,(H,24,28). The van der Waals surface area contributed by atoms with Crippen molar-refractivity contribution in [3.63, 3.8) is 0 Å². The maximum atomic E-state index is 13.3. The molecule has 0 aliphatic carbocycles. The number of nitrogens with one attached hydrogen (secondary N) is 1. The van der Waals surface area contributed by atoms with E-state index in [1.165, 1.54) is 17.4 Å². The number of rotatable bonds is 9. The van der Waals surface area contributed by atoms with Crippen molar-refractivity contribution in [3.05, 3.63) is 51.2 Å². The van der Waals surface area contributed by atoms with Crippen molar-refractivity contribution >= 4 is 40.8 Å². The summed E-state index contributed by atoms with van der Waals surface area (Å²) < 4.78 is 11.4. The van der Waals surface area contributed by atoms with Gasteiger partial charge in [0.25, 0.3) is 0 Å². The highest BCUT2D eigenvalue weighted by molar-refractivity contribution is 7.99. The van der Waals surface area contributed by atoms with Gasteiger partial charge in [0, 0.05) is 17.9 Å². The third kappa shape index (κ3) is 5.52. The number of carbonyl (C=O) groups is 1. The van der Waals surface area contributed by atoms with Crippen LogP contribution in [0.4, 0.5) is 0 Å². The second kappa shape index (κ2) is 11.0. The van der Waals surface area contributed by atoms with Crippen LogP contribution >= 0.6 is 34.9 Å². The predicted molar refractivity (Wildman–Crippen MR) is 136 cm³/mol. The Morgan fingerprint density at radius 3 is 2.88 bits per heavy atom. The minimum atomic E-state index is -0.744. The molecule has 4 heterocycles. The highest BCUT2D eigenvalue weighted by Crippen LogP contribution is 2.44. The maximum absolute atomic E-state index is 13.3. The Morgan fingerprint density at radius 2 is 2.18 bits per heavy atom. The number of carbonyl (C=O) groups excluding carboxylic acids is 1. The van der Waals surface area contributed by atoms with Crippen molar-refractivity contribution in [1.29, 1.82) is 0 Å². The summed E-state index contributed by atoms with van der Waals surface area (Å²) in [6.45, 7) is 1.68. The van der Waals surface area contributed by atoms with E-state index in [-0.39, 0.29) is 18.1 Å². The van der Waals surface area contributed by atoms with Gasteiger partial charge in [-0.05, 0) is 61.1 Å². The molecule has 0 spiro atoms. The fourth-order valence-corrected chi connectivity index (χ4v) is 6.53. The SMILES string of the molecule is CSCCC(NC(=O)CC1(c2oc(C)cc(=O)c2O)CCSCC1)c1nc(-c2cccs2)no1. The van der Waals surface area contributed by atoms with Crippen LogP contribution in [0.2, 0.25) is 0 Å². The number of amides is 1. The first-order valence-corrected chi connectivity index (χ1v) is 14.4. The molecule has 8 nitrogen and oxygen atoms in total. The van der Waals surface area contributed by atoms with Gasteiger partial charge in [0.2, 0.25) is 28.8 Å². The highest BCUT2D eigenvalue weighted by atomic mass is 32.2. The molecule has 1 amide bonds. The third-order valence-electron chi connectivity index (χ3n) is 5.90. The number of hydrogen-bond acceptors (Lipinski definition) is 10. The van der Waals surface area contributed by atoms with Gasteiger partial charge in [-0.1, -0.05) is 11.2 Å². The Hall–Kier alpha value is -2.24. The lowest BCUT2D eigenvalue weighted by molar-refractivity contribution is -0.123. The summed E-state index contributed by atoms with van der Waals surface area (Å²) in [6.07, 6.45) is 3.98. The largest absolute Gasteiger partial charge is 0.502 e. The Labute approximate surface area is 209 Å². The van der Waals surface area contributed by atoms with Crippen LogP contribution in [0.5, 0.6) is 5.75 Å². The number of thioether (sulfide) groups is 2. The van der Waals surface area contributed by atoms with E-state index < -0.39 is 22.6 Å². The van der Waals surface area contributed by atoms with Gasteiger partial charge in [-0.15, -0.1) is 11.3 Å². The second-order valence-electron chi connectivity index (χ2n) is 8.30. The lowest BCUT2D eigenvalue weighted by atomic mass is 9.75. The molecule has 2 N–H and O–H groups in total. The van der Waals surface area contributed by atoms with E-state index in [0.717, 1.165) is 22.1 Å². The van der Waals surface area contributed by atoms with Gasteiger partial charge >= 0.3 is 0 Å². The molecule has 1 fully saturated rings. The zero-order valence-corrected chi connectivity index (χ0v) is 21.5. The molecule has 0 radical (unpaired) electrons. The molecular weight excluding hydrogens is 494 g/mol. The number of thiophene rings is 1. The van der Waals surface area contributed by atoms with E-state index in [9.17, 15) is 14.7 Å². The monoisotopic (exact) mass is 521 g/mol. The van der Waals surface area contributed by atoms with Gasteiger partial charge in [-0.2, -0.15) is 28.5 Å². The molecular formula is C23H27N3O5S3. The zero-order valence-electron chi connectivity index (χ0n) is 19.0. The number of aromatic hydroxyl groups is 1. The minimum absolute atomic E-state index is 0.0925.